The Hall–Kier alpha value is 0.790. The number of ether oxygens (including phenoxy) is 1. The van der Waals surface area contributed by atoms with E-state index in [0.29, 0.717) is 4.83 Å². The Labute approximate surface area is 94.1 Å². The summed E-state index contributed by atoms with van der Waals surface area (Å²) in [6.45, 7) is 7.24. The lowest BCUT2D eigenvalue weighted by Gasteiger charge is -2.21. The number of alkyl halides is 1. The van der Waals surface area contributed by atoms with Crippen LogP contribution in [0.1, 0.15) is 27.2 Å². The van der Waals surface area contributed by atoms with Crippen molar-refractivity contribution < 1.29 is 4.74 Å². The van der Waals surface area contributed by atoms with Crippen molar-refractivity contribution in [1.29, 1.82) is 0 Å². The minimum absolute atomic E-state index is 0.0214. The fourth-order valence-corrected chi connectivity index (χ4v) is 3.95. The molecule has 1 saturated heterocycles. The zero-order valence-corrected chi connectivity index (χ0v) is 11.1. The molecule has 1 aliphatic rings. The summed E-state index contributed by atoms with van der Waals surface area (Å²) >= 11 is 5.75. The van der Waals surface area contributed by atoms with Gasteiger partial charge >= 0.3 is 0 Å². The molecule has 0 aromatic rings. The highest BCUT2D eigenvalue weighted by atomic mass is 79.9. The lowest BCUT2D eigenvalue weighted by atomic mass is 10.1. The quantitative estimate of drug-likeness (QED) is 0.725. The van der Waals surface area contributed by atoms with E-state index in [1.807, 2.05) is 11.8 Å². The van der Waals surface area contributed by atoms with Crippen LogP contribution in [0, 0.1) is 5.92 Å². The summed E-state index contributed by atoms with van der Waals surface area (Å²) in [6.07, 6.45) is 1.19. The van der Waals surface area contributed by atoms with Crippen molar-refractivity contribution in [3.63, 3.8) is 0 Å². The fourth-order valence-electron chi connectivity index (χ4n) is 1.35. The van der Waals surface area contributed by atoms with Crippen molar-refractivity contribution in [3.8, 4) is 0 Å². The first-order valence-corrected chi connectivity index (χ1v) is 6.92. The lowest BCUT2D eigenvalue weighted by Crippen LogP contribution is -2.22. The van der Waals surface area contributed by atoms with Crippen molar-refractivity contribution >= 4 is 27.7 Å². The van der Waals surface area contributed by atoms with Gasteiger partial charge in [0, 0.05) is 17.2 Å². The molecule has 0 aromatic heterocycles. The summed E-state index contributed by atoms with van der Waals surface area (Å²) in [5.41, 5.74) is 0.0214. The molecule has 0 aromatic carbocycles. The minimum atomic E-state index is 0.0214. The van der Waals surface area contributed by atoms with Gasteiger partial charge in [0.2, 0.25) is 0 Å². The summed E-state index contributed by atoms with van der Waals surface area (Å²) < 4.78 is 5.71. The van der Waals surface area contributed by atoms with Gasteiger partial charge in [-0.05, 0) is 38.9 Å². The van der Waals surface area contributed by atoms with Crippen LogP contribution in [0.2, 0.25) is 0 Å². The molecule has 13 heavy (non-hydrogen) atoms. The molecule has 2 unspecified atom stereocenters. The largest absolute Gasteiger partial charge is 0.376 e. The molecule has 0 spiro atoms. The van der Waals surface area contributed by atoms with E-state index < -0.39 is 0 Å². The third-order valence-corrected chi connectivity index (χ3v) is 4.90. The van der Waals surface area contributed by atoms with Crippen molar-refractivity contribution in [2.24, 2.45) is 5.92 Å². The van der Waals surface area contributed by atoms with Gasteiger partial charge in [-0.25, -0.2) is 0 Å². The van der Waals surface area contributed by atoms with E-state index in [-0.39, 0.29) is 5.60 Å². The van der Waals surface area contributed by atoms with Crippen LogP contribution in [-0.2, 0) is 4.74 Å². The van der Waals surface area contributed by atoms with Crippen LogP contribution in [0.4, 0.5) is 0 Å². The lowest BCUT2D eigenvalue weighted by molar-refractivity contribution is -0.00791. The molecule has 2 atom stereocenters. The normalized spacial score (nSPS) is 29.5. The maximum absolute atomic E-state index is 5.71. The highest BCUT2D eigenvalue weighted by molar-refractivity contribution is 9.09. The second-order valence-electron chi connectivity index (χ2n) is 4.56. The van der Waals surface area contributed by atoms with Crippen LogP contribution >= 0.6 is 27.7 Å². The molecular weight excluding hydrogens is 248 g/mol. The molecule has 0 radical (unpaired) electrons. The second-order valence-corrected chi connectivity index (χ2v) is 6.81. The number of hydrogen-bond acceptors (Lipinski definition) is 2. The monoisotopic (exact) mass is 266 g/mol. The molecule has 0 N–H and O–H groups in total. The molecule has 78 valence electrons. The fraction of sp³-hybridized carbons (Fsp3) is 1.00. The van der Waals surface area contributed by atoms with Gasteiger partial charge in [0.15, 0.2) is 0 Å². The average Bonchev–Trinajstić information content (AvgIpc) is 2.34. The zero-order valence-electron chi connectivity index (χ0n) is 8.68. The minimum Gasteiger partial charge on any atom is -0.376 e. The summed E-state index contributed by atoms with van der Waals surface area (Å²) in [7, 11) is 0. The van der Waals surface area contributed by atoms with E-state index in [1.54, 1.807) is 0 Å². The molecular formula is C10H19BrOS. The molecule has 0 saturated carbocycles. The Morgan fingerprint density at radius 3 is 2.54 bits per heavy atom. The van der Waals surface area contributed by atoms with Crippen LogP contribution in [0.25, 0.3) is 0 Å². The van der Waals surface area contributed by atoms with Crippen molar-refractivity contribution in [2.75, 3.05) is 18.1 Å². The van der Waals surface area contributed by atoms with Gasteiger partial charge in [-0.1, -0.05) is 15.9 Å². The Bertz CT molecular complexity index is 155. The third-order valence-electron chi connectivity index (χ3n) is 2.14. The van der Waals surface area contributed by atoms with Crippen LogP contribution in [0.15, 0.2) is 0 Å². The van der Waals surface area contributed by atoms with Gasteiger partial charge in [-0.3, -0.25) is 0 Å². The number of halogens is 1. The Kier molecular flexibility index (Phi) is 4.59. The molecule has 1 fully saturated rings. The predicted molar refractivity (Wildman–Crippen MR) is 63.9 cm³/mol. The standard InChI is InChI=1S/C10H19BrOS/c1-10(2,3)12-5-4-8-6-13-7-9(8)11/h8-9H,4-7H2,1-3H3. The first kappa shape index (κ1) is 11.9. The molecule has 0 aliphatic carbocycles. The molecule has 1 heterocycles. The maximum atomic E-state index is 5.71. The van der Waals surface area contributed by atoms with E-state index in [9.17, 15) is 0 Å². The van der Waals surface area contributed by atoms with Crippen LogP contribution in [0.3, 0.4) is 0 Å². The van der Waals surface area contributed by atoms with Gasteiger partial charge in [-0.15, -0.1) is 0 Å². The van der Waals surface area contributed by atoms with Crippen molar-refractivity contribution in [1.82, 2.24) is 0 Å². The van der Waals surface area contributed by atoms with Crippen LogP contribution < -0.4 is 0 Å². The van der Waals surface area contributed by atoms with E-state index >= 15 is 0 Å². The van der Waals surface area contributed by atoms with Crippen molar-refractivity contribution in [3.05, 3.63) is 0 Å². The topological polar surface area (TPSA) is 9.23 Å². The SMILES string of the molecule is CC(C)(C)OCCC1CSCC1Br. The van der Waals surface area contributed by atoms with Crippen molar-refractivity contribution in [2.45, 2.75) is 37.6 Å². The van der Waals surface area contributed by atoms with Gasteiger partial charge in [0.05, 0.1) is 5.60 Å². The maximum Gasteiger partial charge on any atom is 0.0598 e. The second kappa shape index (κ2) is 5.04. The summed E-state index contributed by atoms with van der Waals surface area (Å²) in [4.78, 5) is 0.709. The Morgan fingerprint density at radius 1 is 1.38 bits per heavy atom. The molecule has 1 rings (SSSR count). The smallest absolute Gasteiger partial charge is 0.0598 e. The molecule has 0 bridgehead atoms. The molecule has 0 amide bonds. The molecule has 1 aliphatic heterocycles. The molecule has 1 nitrogen and oxygen atoms in total. The summed E-state index contributed by atoms with van der Waals surface area (Å²) in [6, 6.07) is 0. The first-order chi connectivity index (χ1) is 5.99. The number of hydrogen-bond donors (Lipinski definition) is 0. The average molecular weight is 267 g/mol. The van der Waals surface area contributed by atoms with Gasteiger partial charge < -0.3 is 4.74 Å². The first-order valence-electron chi connectivity index (χ1n) is 4.85. The van der Waals surface area contributed by atoms with E-state index in [2.05, 4.69) is 36.7 Å². The highest BCUT2D eigenvalue weighted by Crippen LogP contribution is 2.32. The van der Waals surface area contributed by atoms with Gasteiger partial charge in [0.1, 0.15) is 0 Å². The van der Waals surface area contributed by atoms with E-state index in [4.69, 9.17) is 4.74 Å². The van der Waals surface area contributed by atoms with E-state index in [0.717, 1.165) is 12.5 Å². The Morgan fingerprint density at radius 2 is 2.08 bits per heavy atom. The molecule has 3 heteroatoms. The summed E-state index contributed by atoms with van der Waals surface area (Å²) in [5.74, 6) is 3.37. The summed E-state index contributed by atoms with van der Waals surface area (Å²) in [5, 5.41) is 0. The van der Waals surface area contributed by atoms with Crippen LogP contribution in [-0.4, -0.2) is 28.5 Å². The predicted octanol–water partition coefficient (Wildman–Crippen LogP) is 3.32. The Balaban J connectivity index is 2.12. The highest BCUT2D eigenvalue weighted by Gasteiger charge is 2.25. The van der Waals surface area contributed by atoms with Gasteiger partial charge in [0.25, 0.3) is 0 Å². The zero-order chi connectivity index (χ0) is 9.90. The van der Waals surface area contributed by atoms with Gasteiger partial charge in [-0.2, -0.15) is 11.8 Å². The number of thioether (sulfide) groups is 1. The number of rotatable bonds is 3. The third kappa shape index (κ3) is 4.71. The van der Waals surface area contributed by atoms with E-state index in [1.165, 1.54) is 17.9 Å². The van der Waals surface area contributed by atoms with Crippen LogP contribution in [0.5, 0.6) is 0 Å².